The molecule has 0 aromatic carbocycles. The van der Waals surface area contributed by atoms with Gasteiger partial charge >= 0.3 is 0 Å². The molecule has 0 aromatic heterocycles. The Kier molecular flexibility index (Phi) is 2.72. The van der Waals surface area contributed by atoms with Crippen LogP contribution < -0.4 is 0 Å². The fraction of sp³-hybridized carbons (Fsp3) is 0.750. The zero-order valence-corrected chi connectivity index (χ0v) is 6.32. The van der Waals surface area contributed by atoms with Crippen LogP contribution in [0.2, 0.25) is 0 Å². The Bertz CT molecular complexity index is 124. The summed E-state index contributed by atoms with van der Waals surface area (Å²) in [7, 11) is 0. The van der Waals surface area contributed by atoms with Gasteiger partial charge in [-0.25, -0.2) is 4.39 Å². The first kappa shape index (κ1) is 7.58. The summed E-state index contributed by atoms with van der Waals surface area (Å²) in [5.41, 5.74) is 0.869. The van der Waals surface area contributed by atoms with Gasteiger partial charge in [0.1, 0.15) is 6.67 Å². The molecule has 1 aliphatic heterocycles. The molecule has 0 unspecified atom stereocenters. The third-order valence-electron chi connectivity index (χ3n) is 1.78. The van der Waals surface area contributed by atoms with Gasteiger partial charge in [-0.2, -0.15) is 0 Å². The predicted octanol–water partition coefficient (Wildman–Crippen LogP) is 2.43. The lowest BCUT2D eigenvalue weighted by atomic mass is 10.1. The minimum atomic E-state index is -0.330. The summed E-state index contributed by atoms with van der Waals surface area (Å²) in [6.07, 6.45) is 2.70. The molecule has 1 nitrogen and oxygen atoms in total. The minimum absolute atomic E-state index is 0.330. The average molecular weight is 144 g/mol. The summed E-state index contributed by atoms with van der Waals surface area (Å²) >= 11 is 0. The van der Waals surface area contributed by atoms with E-state index >= 15 is 0 Å². The van der Waals surface area contributed by atoms with Gasteiger partial charge in [0.2, 0.25) is 0 Å². The van der Waals surface area contributed by atoms with E-state index in [4.69, 9.17) is 4.74 Å². The molecule has 2 heteroatoms. The number of allylic oxidation sites excluding steroid dienone is 2. The van der Waals surface area contributed by atoms with E-state index in [1.54, 1.807) is 0 Å². The van der Waals surface area contributed by atoms with Crippen molar-refractivity contribution in [1.82, 2.24) is 0 Å². The predicted molar refractivity (Wildman–Crippen MR) is 38.5 cm³/mol. The van der Waals surface area contributed by atoms with E-state index in [2.05, 4.69) is 0 Å². The van der Waals surface area contributed by atoms with Crippen molar-refractivity contribution < 1.29 is 9.13 Å². The van der Waals surface area contributed by atoms with Gasteiger partial charge in [0, 0.05) is 6.42 Å². The number of hydrogen-bond donors (Lipinski definition) is 0. The molecule has 0 aliphatic carbocycles. The summed E-state index contributed by atoms with van der Waals surface area (Å²) in [5, 5.41) is 0. The molecule has 0 fully saturated rings. The highest BCUT2D eigenvalue weighted by Gasteiger charge is 2.11. The van der Waals surface area contributed by atoms with E-state index in [1.165, 1.54) is 0 Å². The smallest absolute Gasteiger partial charge is 0.114 e. The molecule has 0 bridgehead atoms. The monoisotopic (exact) mass is 144 g/mol. The summed E-state index contributed by atoms with van der Waals surface area (Å²) in [5.74, 6) is 0.883. The Morgan fingerprint density at radius 1 is 1.60 bits per heavy atom. The second-order valence-electron chi connectivity index (χ2n) is 2.47. The first-order chi connectivity index (χ1) is 4.88. The van der Waals surface area contributed by atoms with Gasteiger partial charge in [0.25, 0.3) is 0 Å². The van der Waals surface area contributed by atoms with E-state index in [9.17, 15) is 4.39 Å². The first-order valence-corrected chi connectivity index (χ1v) is 3.78. The van der Waals surface area contributed by atoms with E-state index in [0.29, 0.717) is 0 Å². The van der Waals surface area contributed by atoms with Crippen molar-refractivity contribution in [2.24, 2.45) is 0 Å². The zero-order chi connectivity index (χ0) is 7.40. The van der Waals surface area contributed by atoms with Crippen molar-refractivity contribution in [3.05, 3.63) is 11.3 Å². The maximum Gasteiger partial charge on any atom is 0.114 e. The Hall–Kier alpha value is -0.530. The molecule has 0 radical (unpaired) electrons. The first-order valence-electron chi connectivity index (χ1n) is 3.78. The molecule has 0 N–H and O–H groups in total. The number of alkyl halides is 1. The van der Waals surface area contributed by atoms with Crippen LogP contribution in [0.3, 0.4) is 0 Å². The van der Waals surface area contributed by atoms with Gasteiger partial charge in [-0.15, -0.1) is 0 Å². The lowest BCUT2D eigenvalue weighted by Gasteiger charge is -2.18. The molecule has 0 aromatic rings. The van der Waals surface area contributed by atoms with E-state index < -0.39 is 0 Å². The van der Waals surface area contributed by atoms with Crippen LogP contribution in [0.5, 0.6) is 0 Å². The second kappa shape index (κ2) is 3.59. The van der Waals surface area contributed by atoms with Crippen LogP contribution in [-0.4, -0.2) is 13.3 Å². The third kappa shape index (κ3) is 1.49. The van der Waals surface area contributed by atoms with Crippen LogP contribution in [0.25, 0.3) is 0 Å². The normalized spacial score (nSPS) is 19.0. The van der Waals surface area contributed by atoms with Crippen LogP contribution in [0.15, 0.2) is 11.3 Å². The van der Waals surface area contributed by atoms with Crippen LogP contribution in [0.1, 0.15) is 26.2 Å². The summed E-state index contributed by atoms with van der Waals surface area (Å²) in [6, 6.07) is 0. The number of hydrogen-bond acceptors (Lipinski definition) is 1. The molecule has 1 heterocycles. The Morgan fingerprint density at radius 3 is 2.90 bits per heavy atom. The Morgan fingerprint density at radius 2 is 2.40 bits per heavy atom. The fourth-order valence-corrected chi connectivity index (χ4v) is 1.22. The van der Waals surface area contributed by atoms with Crippen LogP contribution >= 0.6 is 0 Å². The fourth-order valence-electron chi connectivity index (χ4n) is 1.22. The van der Waals surface area contributed by atoms with Crippen molar-refractivity contribution >= 4 is 0 Å². The van der Waals surface area contributed by atoms with E-state index in [0.717, 1.165) is 37.2 Å². The zero-order valence-electron chi connectivity index (χ0n) is 6.32. The summed E-state index contributed by atoms with van der Waals surface area (Å²) < 4.78 is 17.4. The molecular formula is C8H13FO. The standard InChI is InChI=1S/C8H13FO/c1-2-8-7(6-9)4-3-5-10-8/h2-6H2,1H3. The second-order valence-corrected chi connectivity index (χ2v) is 2.47. The Labute approximate surface area is 60.9 Å². The molecule has 0 atom stereocenters. The molecule has 0 spiro atoms. The molecular weight excluding hydrogens is 131 g/mol. The van der Waals surface area contributed by atoms with Crippen molar-refractivity contribution in [2.75, 3.05) is 13.3 Å². The highest BCUT2D eigenvalue weighted by atomic mass is 19.1. The van der Waals surface area contributed by atoms with Crippen molar-refractivity contribution in [2.45, 2.75) is 26.2 Å². The van der Waals surface area contributed by atoms with E-state index in [-0.39, 0.29) is 6.67 Å². The molecule has 58 valence electrons. The van der Waals surface area contributed by atoms with Crippen LogP contribution in [0.4, 0.5) is 4.39 Å². The van der Waals surface area contributed by atoms with Gasteiger partial charge in [0.15, 0.2) is 0 Å². The minimum Gasteiger partial charge on any atom is -0.498 e. The SMILES string of the molecule is CCC1=C(CF)CCCO1. The van der Waals surface area contributed by atoms with Crippen molar-refractivity contribution in [3.63, 3.8) is 0 Å². The van der Waals surface area contributed by atoms with Gasteiger partial charge in [-0.1, -0.05) is 6.92 Å². The highest BCUT2D eigenvalue weighted by Crippen LogP contribution is 2.21. The van der Waals surface area contributed by atoms with Crippen molar-refractivity contribution in [1.29, 1.82) is 0 Å². The summed E-state index contributed by atoms with van der Waals surface area (Å²) in [6.45, 7) is 2.44. The topological polar surface area (TPSA) is 9.23 Å². The lowest BCUT2D eigenvalue weighted by molar-refractivity contribution is 0.175. The van der Waals surface area contributed by atoms with Gasteiger partial charge in [-0.3, -0.25) is 0 Å². The average Bonchev–Trinajstić information content (AvgIpc) is 2.04. The number of rotatable bonds is 2. The molecule has 1 rings (SSSR count). The molecule has 1 aliphatic rings. The van der Waals surface area contributed by atoms with E-state index in [1.807, 2.05) is 6.92 Å². The van der Waals surface area contributed by atoms with Gasteiger partial charge in [0.05, 0.1) is 12.4 Å². The van der Waals surface area contributed by atoms with Crippen molar-refractivity contribution in [3.8, 4) is 0 Å². The maximum atomic E-state index is 12.2. The third-order valence-corrected chi connectivity index (χ3v) is 1.78. The molecule has 0 saturated heterocycles. The van der Waals surface area contributed by atoms with Gasteiger partial charge < -0.3 is 4.74 Å². The Balaban J connectivity index is 2.63. The van der Waals surface area contributed by atoms with Crippen LogP contribution in [-0.2, 0) is 4.74 Å². The molecule has 10 heavy (non-hydrogen) atoms. The maximum absolute atomic E-state index is 12.2. The largest absolute Gasteiger partial charge is 0.498 e. The lowest BCUT2D eigenvalue weighted by Crippen LogP contribution is -2.07. The van der Waals surface area contributed by atoms with Crippen LogP contribution in [0, 0.1) is 0 Å². The highest BCUT2D eigenvalue weighted by molar-refractivity contribution is 5.10. The summed E-state index contributed by atoms with van der Waals surface area (Å²) in [4.78, 5) is 0. The number of ether oxygens (including phenoxy) is 1. The van der Waals surface area contributed by atoms with Gasteiger partial charge in [-0.05, 0) is 18.4 Å². The molecule has 0 amide bonds. The molecule has 0 saturated carbocycles. The quantitative estimate of drug-likeness (QED) is 0.578. The number of halogens is 1.